The van der Waals surface area contributed by atoms with E-state index in [0.717, 1.165) is 13.0 Å². The topological polar surface area (TPSA) is 40.5 Å². The fraction of sp³-hybridized carbons (Fsp3) is 0.923. The third-order valence-corrected chi connectivity index (χ3v) is 4.92. The third-order valence-electron chi connectivity index (χ3n) is 4.92. The lowest BCUT2D eigenvalue weighted by Gasteiger charge is -2.34. The molecule has 0 aromatic heterocycles. The van der Waals surface area contributed by atoms with Gasteiger partial charge in [-0.05, 0) is 37.0 Å². The second-order valence-electron chi connectivity index (χ2n) is 5.90. The molecule has 0 radical (unpaired) electrons. The zero-order chi connectivity index (χ0) is 11.3. The molecule has 0 bridgehead atoms. The highest BCUT2D eigenvalue weighted by molar-refractivity contribution is 5.82. The molecular formula is C13H21NO2. The number of carbonyl (C=O) groups is 1. The number of fused-ring (bicyclic) bond motifs is 1. The minimum Gasteiger partial charge on any atom is -0.391 e. The largest absolute Gasteiger partial charge is 0.391 e. The average Bonchev–Trinajstić information content (AvgIpc) is 2.74. The van der Waals surface area contributed by atoms with Crippen molar-refractivity contribution >= 4 is 5.91 Å². The first-order chi connectivity index (χ1) is 7.68. The first kappa shape index (κ1) is 10.6. The van der Waals surface area contributed by atoms with Crippen molar-refractivity contribution in [3.05, 3.63) is 0 Å². The van der Waals surface area contributed by atoms with Crippen LogP contribution >= 0.6 is 0 Å². The van der Waals surface area contributed by atoms with E-state index in [2.05, 4.69) is 6.92 Å². The second-order valence-corrected chi connectivity index (χ2v) is 5.90. The summed E-state index contributed by atoms with van der Waals surface area (Å²) in [5.74, 6) is 2.41. The number of carbonyl (C=O) groups excluding carboxylic acids is 1. The van der Waals surface area contributed by atoms with E-state index in [0.29, 0.717) is 36.1 Å². The summed E-state index contributed by atoms with van der Waals surface area (Å²) in [4.78, 5) is 14.2. The Hall–Kier alpha value is -0.570. The number of nitrogens with zero attached hydrogens (tertiary/aromatic N) is 1. The van der Waals surface area contributed by atoms with E-state index in [1.165, 1.54) is 19.3 Å². The quantitative estimate of drug-likeness (QED) is 0.727. The number of aliphatic hydroxyl groups is 1. The van der Waals surface area contributed by atoms with Gasteiger partial charge in [-0.3, -0.25) is 4.79 Å². The smallest absolute Gasteiger partial charge is 0.226 e. The maximum atomic E-state index is 12.2. The van der Waals surface area contributed by atoms with Gasteiger partial charge in [-0.15, -0.1) is 0 Å². The molecule has 3 fully saturated rings. The minimum absolute atomic E-state index is 0.309. The first-order valence-electron chi connectivity index (χ1n) is 6.65. The lowest BCUT2D eigenvalue weighted by Crippen LogP contribution is -2.46. The van der Waals surface area contributed by atoms with Gasteiger partial charge in [0.05, 0.1) is 6.10 Å². The summed E-state index contributed by atoms with van der Waals surface area (Å²) in [5, 5.41) is 9.81. The van der Waals surface area contributed by atoms with Gasteiger partial charge in [-0.25, -0.2) is 0 Å². The zero-order valence-electron chi connectivity index (χ0n) is 9.93. The van der Waals surface area contributed by atoms with Gasteiger partial charge in [0.25, 0.3) is 0 Å². The Morgan fingerprint density at radius 3 is 2.56 bits per heavy atom. The van der Waals surface area contributed by atoms with Crippen LogP contribution in [-0.2, 0) is 4.79 Å². The maximum Gasteiger partial charge on any atom is 0.226 e. The number of β-amino-alcohol motifs (C(OH)–C–C–N with tert-alkyl or cyclic N) is 1. The first-order valence-corrected chi connectivity index (χ1v) is 6.65. The van der Waals surface area contributed by atoms with Crippen LogP contribution in [0, 0.1) is 23.7 Å². The van der Waals surface area contributed by atoms with Crippen LogP contribution in [-0.4, -0.2) is 35.1 Å². The van der Waals surface area contributed by atoms with E-state index in [-0.39, 0.29) is 6.10 Å². The van der Waals surface area contributed by atoms with Gasteiger partial charge in [0, 0.05) is 19.0 Å². The number of amides is 1. The van der Waals surface area contributed by atoms with E-state index in [1.807, 2.05) is 4.90 Å². The van der Waals surface area contributed by atoms with Crippen LogP contribution in [0.3, 0.4) is 0 Å². The number of rotatable bonds is 1. The molecule has 2 saturated carbocycles. The van der Waals surface area contributed by atoms with Crippen molar-refractivity contribution in [2.24, 2.45) is 23.7 Å². The number of piperidine rings is 1. The monoisotopic (exact) mass is 223 g/mol. The number of likely N-dealkylation sites (tertiary alicyclic amines) is 1. The molecule has 1 amide bonds. The fourth-order valence-corrected chi connectivity index (χ4v) is 3.65. The van der Waals surface area contributed by atoms with Gasteiger partial charge in [0.2, 0.25) is 5.91 Å². The van der Waals surface area contributed by atoms with Crippen LogP contribution in [0.4, 0.5) is 0 Å². The lowest BCUT2D eigenvalue weighted by molar-refractivity contribution is -0.137. The molecule has 2 aliphatic carbocycles. The summed E-state index contributed by atoms with van der Waals surface area (Å²) in [7, 11) is 0. The van der Waals surface area contributed by atoms with Crippen LogP contribution in [0.2, 0.25) is 0 Å². The molecule has 0 aromatic carbocycles. The minimum atomic E-state index is -0.309. The Bertz CT molecular complexity index is 294. The van der Waals surface area contributed by atoms with E-state index < -0.39 is 0 Å². The molecule has 4 atom stereocenters. The summed E-state index contributed by atoms with van der Waals surface area (Å²) >= 11 is 0. The van der Waals surface area contributed by atoms with Gasteiger partial charge in [-0.2, -0.15) is 0 Å². The Labute approximate surface area is 96.8 Å². The van der Waals surface area contributed by atoms with Crippen LogP contribution < -0.4 is 0 Å². The molecule has 1 N–H and O–H groups in total. The Morgan fingerprint density at radius 2 is 1.94 bits per heavy atom. The van der Waals surface area contributed by atoms with Crippen LogP contribution in [0.15, 0.2) is 0 Å². The zero-order valence-corrected chi connectivity index (χ0v) is 9.93. The van der Waals surface area contributed by atoms with Crippen molar-refractivity contribution in [1.29, 1.82) is 0 Å². The molecule has 1 saturated heterocycles. The van der Waals surface area contributed by atoms with E-state index in [9.17, 15) is 9.90 Å². The molecular weight excluding hydrogens is 202 g/mol. The SMILES string of the molecule is CC1CCN(C(=O)C2C3CCCC32)CC1O. The van der Waals surface area contributed by atoms with E-state index in [1.54, 1.807) is 0 Å². The molecule has 16 heavy (non-hydrogen) atoms. The normalized spacial score (nSPS) is 46.6. The second kappa shape index (κ2) is 3.73. The van der Waals surface area contributed by atoms with Crippen molar-refractivity contribution in [2.75, 3.05) is 13.1 Å². The van der Waals surface area contributed by atoms with Crippen molar-refractivity contribution < 1.29 is 9.90 Å². The van der Waals surface area contributed by atoms with E-state index >= 15 is 0 Å². The molecule has 0 spiro atoms. The molecule has 3 rings (SSSR count). The van der Waals surface area contributed by atoms with Crippen molar-refractivity contribution in [3.8, 4) is 0 Å². The highest BCUT2D eigenvalue weighted by atomic mass is 16.3. The number of aliphatic hydroxyl groups excluding tert-OH is 1. The summed E-state index contributed by atoms with van der Waals surface area (Å²) < 4.78 is 0. The van der Waals surface area contributed by atoms with Crippen molar-refractivity contribution in [1.82, 2.24) is 4.90 Å². The molecule has 1 aliphatic heterocycles. The van der Waals surface area contributed by atoms with Crippen LogP contribution in [0.1, 0.15) is 32.6 Å². The molecule has 1 heterocycles. The van der Waals surface area contributed by atoms with Crippen LogP contribution in [0.5, 0.6) is 0 Å². The van der Waals surface area contributed by atoms with Gasteiger partial charge in [-0.1, -0.05) is 13.3 Å². The Kier molecular flexibility index (Phi) is 2.46. The van der Waals surface area contributed by atoms with Gasteiger partial charge in [0.15, 0.2) is 0 Å². The third kappa shape index (κ3) is 1.56. The summed E-state index contributed by atoms with van der Waals surface area (Å²) in [6.45, 7) is 3.49. The summed E-state index contributed by atoms with van der Waals surface area (Å²) in [5.41, 5.74) is 0. The fourth-order valence-electron chi connectivity index (χ4n) is 3.65. The van der Waals surface area contributed by atoms with Crippen molar-refractivity contribution in [3.63, 3.8) is 0 Å². The average molecular weight is 223 g/mol. The summed E-state index contributed by atoms with van der Waals surface area (Å²) in [6, 6.07) is 0. The predicted molar refractivity (Wildman–Crippen MR) is 60.7 cm³/mol. The molecule has 0 aromatic rings. The van der Waals surface area contributed by atoms with Gasteiger partial charge >= 0.3 is 0 Å². The number of hydrogen-bond acceptors (Lipinski definition) is 2. The lowest BCUT2D eigenvalue weighted by atomic mass is 9.95. The highest BCUT2D eigenvalue weighted by Crippen LogP contribution is 2.58. The molecule has 3 nitrogen and oxygen atoms in total. The van der Waals surface area contributed by atoms with Gasteiger partial charge < -0.3 is 10.0 Å². The molecule has 90 valence electrons. The standard InChI is InChI=1S/C13H21NO2/c1-8-5-6-14(7-11(8)15)13(16)12-9-3-2-4-10(9)12/h8-12,15H,2-7H2,1H3. The van der Waals surface area contributed by atoms with Crippen LogP contribution in [0.25, 0.3) is 0 Å². The maximum absolute atomic E-state index is 12.2. The molecule has 3 aliphatic rings. The van der Waals surface area contributed by atoms with Crippen molar-refractivity contribution in [2.45, 2.75) is 38.7 Å². The predicted octanol–water partition coefficient (Wildman–Crippen LogP) is 1.26. The summed E-state index contributed by atoms with van der Waals surface area (Å²) in [6.07, 6.45) is 4.48. The molecule has 3 heteroatoms. The Balaban J connectivity index is 1.60. The number of hydrogen-bond donors (Lipinski definition) is 1. The molecule has 4 unspecified atom stereocenters. The van der Waals surface area contributed by atoms with E-state index in [4.69, 9.17) is 0 Å². The highest BCUT2D eigenvalue weighted by Gasteiger charge is 2.57. The van der Waals surface area contributed by atoms with Gasteiger partial charge in [0.1, 0.15) is 0 Å². The Morgan fingerprint density at radius 1 is 1.25 bits per heavy atom.